The first-order chi connectivity index (χ1) is 7.69. The second kappa shape index (κ2) is 5.00. The normalized spacial score (nSPS) is 10.4. The van der Waals surface area contributed by atoms with Gasteiger partial charge in [-0.3, -0.25) is 0 Å². The van der Waals surface area contributed by atoms with Crippen LogP contribution in [-0.2, 0) is 5.88 Å². The molecule has 16 heavy (non-hydrogen) atoms. The van der Waals surface area contributed by atoms with E-state index in [0.29, 0.717) is 21.7 Å². The van der Waals surface area contributed by atoms with E-state index in [2.05, 4.69) is 9.97 Å². The summed E-state index contributed by atoms with van der Waals surface area (Å²) < 4.78 is 0. The van der Waals surface area contributed by atoms with Gasteiger partial charge >= 0.3 is 0 Å². The fourth-order valence-corrected chi connectivity index (χ4v) is 1.96. The first kappa shape index (κ1) is 11.6. The van der Waals surface area contributed by atoms with Crippen molar-refractivity contribution in [3.8, 4) is 11.1 Å². The lowest BCUT2D eigenvalue weighted by Gasteiger charge is -2.03. The Kier molecular flexibility index (Phi) is 3.64. The molecule has 0 N–H and O–H groups in total. The summed E-state index contributed by atoms with van der Waals surface area (Å²) in [6.07, 6.45) is 3.40. The van der Waals surface area contributed by atoms with E-state index in [4.69, 9.17) is 34.8 Å². The fraction of sp³-hybridized carbons (Fsp3) is 0.0909. The Morgan fingerprint density at radius 2 is 1.44 bits per heavy atom. The minimum atomic E-state index is 0.302. The molecule has 0 bridgehead atoms. The Labute approximate surface area is 108 Å². The van der Waals surface area contributed by atoms with E-state index in [1.165, 1.54) is 0 Å². The van der Waals surface area contributed by atoms with E-state index in [1.54, 1.807) is 18.5 Å². The molecule has 0 fully saturated rings. The predicted octanol–water partition coefficient (Wildman–Crippen LogP) is 4.19. The summed E-state index contributed by atoms with van der Waals surface area (Å²) in [5, 5.41) is 1.17. The quantitative estimate of drug-likeness (QED) is 0.767. The van der Waals surface area contributed by atoms with Gasteiger partial charge < -0.3 is 0 Å². The molecule has 0 aliphatic carbocycles. The molecule has 0 spiro atoms. The van der Waals surface area contributed by atoms with E-state index < -0.39 is 0 Å². The summed E-state index contributed by atoms with van der Waals surface area (Å²) >= 11 is 17.4. The van der Waals surface area contributed by atoms with Crippen LogP contribution in [0.5, 0.6) is 0 Å². The highest BCUT2D eigenvalue weighted by Crippen LogP contribution is 2.26. The van der Waals surface area contributed by atoms with Crippen LogP contribution < -0.4 is 0 Å². The van der Waals surface area contributed by atoms with Crippen molar-refractivity contribution in [2.45, 2.75) is 5.88 Å². The van der Waals surface area contributed by atoms with Crippen molar-refractivity contribution in [1.29, 1.82) is 0 Å². The molecule has 1 aromatic carbocycles. The summed E-state index contributed by atoms with van der Waals surface area (Å²) in [4.78, 5) is 8.21. The lowest BCUT2D eigenvalue weighted by atomic mass is 10.1. The molecule has 0 saturated heterocycles. The van der Waals surface area contributed by atoms with E-state index in [0.717, 1.165) is 11.1 Å². The smallest absolute Gasteiger partial charge is 0.142 e. The maximum absolute atomic E-state index is 5.91. The Morgan fingerprint density at radius 1 is 0.875 bits per heavy atom. The SMILES string of the molecule is ClCc1ncc(-c2cc(Cl)cc(Cl)c2)cn1. The van der Waals surface area contributed by atoms with Crippen molar-refractivity contribution >= 4 is 34.8 Å². The standard InChI is InChI=1S/C11H7Cl3N2/c12-4-11-15-5-8(6-16-11)7-1-9(13)3-10(14)2-7/h1-3,5-6H,4H2. The molecule has 5 heteroatoms. The molecule has 0 radical (unpaired) electrons. The third-order valence-corrected chi connectivity index (χ3v) is 2.70. The van der Waals surface area contributed by atoms with Crippen LogP contribution >= 0.6 is 34.8 Å². The Balaban J connectivity index is 2.42. The molecule has 2 nitrogen and oxygen atoms in total. The number of benzene rings is 1. The first-order valence-electron chi connectivity index (χ1n) is 4.52. The van der Waals surface area contributed by atoms with Crippen LogP contribution in [0.2, 0.25) is 10.0 Å². The zero-order chi connectivity index (χ0) is 11.5. The van der Waals surface area contributed by atoms with Crippen LogP contribution in [0, 0.1) is 0 Å². The van der Waals surface area contributed by atoms with Gasteiger partial charge in [0.05, 0.1) is 5.88 Å². The van der Waals surface area contributed by atoms with Gasteiger partial charge in [0.25, 0.3) is 0 Å². The van der Waals surface area contributed by atoms with Gasteiger partial charge in [0.15, 0.2) is 0 Å². The topological polar surface area (TPSA) is 25.8 Å². The third-order valence-electron chi connectivity index (χ3n) is 2.02. The van der Waals surface area contributed by atoms with Gasteiger partial charge in [-0.2, -0.15) is 0 Å². The third kappa shape index (κ3) is 2.64. The van der Waals surface area contributed by atoms with Crippen molar-refractivity contribution in [3.05, 3.63) is 46.5 Å². The van der Waals surface area contributed by atoms with Crippen LogP contribution in [0.25, 0.3) is 11.1 Å². The molecular weight excluding hydrogens is 266 g/mol. The second-order valence-corrected chi connectivity index (χ2v) is 4.32. The maximum atomic E-state index is 5.91. The zero-order valence-corrected chi connectivity index (χ0v) is 10.4. The van der Waals surface area contributed by atoms with E-state index in [1.807, 2.05) is 12.1 Å². The van der Waals surface area contributed by atoms with Crippen molar-refractivity contribution < 1.29 is 0 Å². The highest BCUT2D eigenvalue weighted by Gasteiger charge is 2.02. The first-order valence-corrected chi connectivity index (χ1v) is 5.81. The number of aromatic nitrogens is 2. The highest BCUT2D eigenvalue weighted by molar-refractivity contribution is 6.35. The number of halogens is 3. The Bertz CT molecular complexity index is 477. The molecule has 0 amide bonds. The monoisotopic (exact) mass is 272 g/mol. The van der Waals surface area contributed by atoms with Gasteiger partial charge in [-0.05, 0) is 23.8 Å². The van der Waals surface area contributed by atoms with Gasteiger partial charge in [-0.25, -0.2) is 9.97 Å². The predicted molar refractivity (Wildman–Crippen MR) is 67.0 cm³/mol. The minimum Gasteiger partial charge on any atom is -0.239 e. The minimum absolute atomic E-state index is 0.302. The van der Waals surface area contributed by atoms with E-state index in [-0.39, 0.29) is 0 Å². The van der Waals surface area contributed by atoms with Crippen LogP contribution in [0.15, 0.2) is 30.6 Å². The van der Waals surface area contributed by atoms with Gasteiger partial charge in [0.2, 0.25) is 0 Å². The van der Waals surface area contributed by atoms with Gasteiger partial charge in [0, 0.05) is 28.0 Å². The largest absolute Gasteiger partial charge is 0.239 e. The molecule has 0 unspecified atom stereocenters. The average Bonchev–Trinajstić information content (AvgIpc) is 2.28. The molecule has 2 aromatic rings. The summed E-state index contributed by atoms with van der Waals surface area (Å²) in [7, 11) is 0. The number of alkyl halides is 1. The van der Waals surface area contributed by atoms with Crippen molar-refractivity contribution in [2.24, 2.45) is 0 Å². The fourth-order valence-electron chi connectivity index (χ4n) is 1.29. The van der Waals surface area contributed by atoms with Crippen molar-refractivity contribution in [1.82, 2.24) is 9.97 Å². The number of hydrogen-bond donors (Lipinski definition) is 0. The molecule has 0 saturated carbocycles. The van der Waals surface area contributed by atoms with Crippen LogP contribution in [0.4, 0.5) is 0 Å². The Hall–Kier alpha value is -0.830. The average molecular weight is 274 g/mol. The van der Waals surface area contributed by atoms with Gasteiger partial charge in [0.1, 0.15) is 5.82 Å². The highest BCUT2D eigenvalue weighted by atomic mass is 35.5. The van der Waals surface area contributed by atoms with Crippen LogP contribution in [0.1, 0.15) is 5.82 Å². The molecule has 1 heterocycles. The van der Waals surface area contributed by atoms with Gasteiger partial charge in [-0.15, -0.1) is 11.6 Å². The summed E-state index contributed by atoms with van der Waals surface area (Å²) in [6.45, 7) is 0. The lowest BCUT2D eigenvalue weighted by molar-refractivity contribution is 1.03. The number of rotatable bonds is 2. The molecule has 0 aliphatic rings. The maximum Gasteiger partial charge on any atom is 0.142 e. The Morgan fingerprint density at radius 3 is 1.94 bits per heavy atom. The second-order valence-electron chi connectivity index (χ2n) is 3.18. The zero-order valence-electron chi connectivity index (χ0n) is 8.12. The molecular formula is C11H7Cl3N2. The molecule has 0 atom stereocenters. The van der Waals surface area contributed by atoms with Gasteiger partial charge in [-0.1, -0.05) is 23.2 Å². The number of hydrogen-bond acceptors (Lipinski definition) is 2. The molecule has 0 aliphatic heterocycles. The molecule has 82 valence electrons. The summed E-state index contributed by atoms with van der Waals surface area (Å²) in [5.41, 5.74) is 1.75. The molecule has 2 rings (SSSR count). The lowest BCUT2D eigenvalue weighted by Crippen LogP contribution is -1.90. The van der Waals surface area contributed by atoms with Crippen LogP contribution in [-0.4, -0.2) is 9.97 Å². The van der Waals surface area contributed by atoms with E-state index >= 15 is 0 Å². The van der Waals surface area contributed by atoms with Crippen LogP contribution in [0.3, 0.4) is 0 Å². The van der Waals surface area contributed by atoms with E-state index in [9.17, 15) is 0 Å². The van der Waals surface area contributed by atoms with Crippen molar-refractivity contribution in [3.63, 3.8) is 0 Å². The van der Waals surface area contributed by atoms with Crippen molar-refractivity contribution in [2.75, 3.05) is 0 Å². The molecule has 1 aromatic heterocycles. The number of nitrogens with zero attached hydrogens (tertiary/aromatic N) is 2. The summed E-state index contributed by atoms with van der Waals surface area (Å²) in [5.74, 6) is 0.898. The summed E-state index contributed by atoms with van der Waals surface area (Å²) in [6, 6.07) is 5.31.